The molecule has 0 aliphatic heterocycles. The third kappa shape index (κ3) is 1.91. The number of imidazole rings is 2. The number of benzene rings is 3. The van der Waals surface area contributed by atoms with Crippen molar-refractivity contribution in [2.24, 2.45) is 0 Å². The molecule has 0 fully saturated rings. The molecule has 0 aliphatic carbocycles. The second kappa shape index (κ2) is 5.48. The fourth-order valence-corrected chi connectivity index (χ4v) is 4.52. The van der Waals surface area contributed by atoms with Gasteiger partial charge in [-0.15, -0.1) is 0 Å². The molecule has 30 heavy (non-hydrogen) atoms. The molecule has 0 unspecified atom stereocenters. The van der Waals surface area contributed by atoms with Crippen LogP contribution in [0.2, 0.25) is 0 Å². The van der Waals surface area contributed by atoms with Crippen LogP contribution in [-0.4, -0.2) is 18.9 Å². The number of nitrogens with zero attached hydrogens (tertiary/aromatic N) is 4. The number of para-hydroxylation sites is 4. The maximum Gasteiger partial charge on any atom is 0.222 e. The second-order valence-electron chi connectivity index (χ2n) is 7.67. The number of fused-ring (bicyclic) bond motifs is 8. The number of rotatable bonds is 1. The SMILES string of the molecule is Cc1ccc2oc3c(-n4c5ccccc5n5c6ccccc6nc45)nccc3c2c1. The van der Waals surface area contributed by atoms with E-state index < -0.39 is 0 Å². The number of hydrogen-bond donors (Lipinski definition) is 0. The summed E-state index contributed by atoms with van der Waals surface area (Å²) in [6, 6.07) is 24.8. The summed E-state index contributed by atoms with van der Waals surface area (Å²) in [6.45, 7) is 2.10. The fraction of sp³-hybridized carbons (Fsp3) is 0.0400. The molecule has 5 heteroatoms. The maximum atomic E-state index is 6.31. The summed E-state index contributed by atoms with van der Waals surface area (Å²) in [6.07, 6.45) is 1.85. The number of aryl methyl sites for hydroxylation is 1. The van der Waals surface area contributed by atoms with Crippen LogP contribution in [0.25, 0.3) is 55.6 Å². The number of pyridine rings is 1. The molecule has 0 aliphatic rings. The molecule has 0 N–H and O–H groups in total. The Kier molecular flexibility index (Phi) is 2.88. The van der Waals surface area contributed by atoms with E-state index in [2.05, 4.69) is 52.3 Å². The maximum absolute atomic E-state index is 6.31. The summed E-state index contributed by atoms with van der Waals surface area (Å²) in [4.78, 5) is 9.70. The van der Waals surface area contributed by atoms with Gasteiger partial charge in [0.1, 0.15) is 5.58 Å². The smallest absolute Gasteiger partial charge is 0.222 e. The van der Waals surface area contributed by atoms with Crippen molar-refractivity contribution in [2.75, 3.05) is 0 Å². The molecular weight excluding hydrogens is 372 g/mol. The lowest BCUT2D eigenvalue weighted by molar-refractivity contribution is 0.663. The highest BCUT2D eigenvalue weighted by Crippen LogP contribution is 2.35. The molecule has 0 saturated heterocycles. The average Bonchev–Trinajstić information content (AvgIpc) is 3.42. The number of furan rings is 1. The lowest BCUT2D eigenvalue weighted by Crippen LogP contribution is -1.98. The second-order valence-corrected chi connectivity index (χ2v) is 7.67. The first-order chi connectivity index (χ1) is 14.8. The van der Waals surface area contributed by atoms with Crippen LogP contribution >= 0.6 is 0 Å². The zero-order valence-corrected chi connectivity index (χ0v) is 16.2. The summed E-state index contributed by atoms with van der Waals surface area (Å²) in [7, 11) is 0. The van der Waals surface area contributed by atoms with Gasteiger partial charge in [-0.1, -0.05) is 35.9 Å². The molecule has 7 aromatic rings. The molecule has 0 radical (unpaired) electrons. The predicted octanol–water partition coefficient (Wildman–Crippen LogP) is 6.03. The van der Waals surface area contributed by atoms with Gasteiger partial charge in [-0.3, -0.25) is 8.97 Å². The third-order valence-electron chi connectivity index (χ3n) is 5.84. The van der Waals surface area contributed by atoms with Crippen LogP contribution in [0.5, 0.6) is 0 Å². The Hall–Kier alpha value is -4.12. The van der Waals surface area contributed by atoms with Crippen LogP contribution < -0.4 is 0 Å². The van der Waals surface area contributed by atoms with Gasteiger partial charge in [-0.05, 0) is 49.4 Å². The van der Waals surface area contributed by atoms with Crippen molar-refractivity contribution in [3.8, 4) is 5.82 Å². The number of aromatic nitrogens is 4. The van der Waals surface area contributed by atoms with Crippen LogP contribution in [0.15, 0.2) is 83.4 Å². The molecule has 0 saturated carbocycles. The Morgan fingerprint density at radius 3 is 2.50 bits per heavy atom. The van der Waals surface area contributed by atoms with Crippen molar-refractivity contribution in [1.82, 2.24) is 18.9 Å². The quantitative estimate of drug-likeness (QED) is 0.345. The Morgan fingerprint density at radius 2 is 1.60 bits per heavy atom. The molecule has 0 atom stereocenters. The number of hydrogen-bond acceptors (Lipinski definition) is 3. The van der Waals surface area contributed by atoms with Crippen LogP contribution in [-0.2, 0) is 0 Å². The summed E-state index contributed by atoms with van der Waals surface area (Å²) < 4.78 is 10.6. The average molecular weight is 388 g/mol. The first-order valence-electron chi connectivity index (χ1n) is 9.94. The van der Waals surface area contributed by atoms with E-state index in [1.807, 2.05) is 42.6 Å². The first kappa shape index (κ1) is 15.8. The molecule has 0 spiro atoms. The van der Waals surface area contributed by atoms with E-state index in [1.165, 1.54) is 5.56 Å². The summed E-state index contributed by atoms with van der Waals surface area (Å²) in [5.41, 5.74) is 7.01. The van der Waals surface area contributed by atoms with Gasteiger partial charge < -0.3 is 4.42 Å². The van der Waals surface area contributed by atoms with Gasteiger partial charge in [0.2, 0.25) is 5.78 Å². The van der Waals surface area contributed by atoms with Crippen molar-refractivity contribution in [3.05, 3.63) is 84.6 Å². The van der Waals surface area contributed by atoms with Crippen molar-refractivity contribution < 1.29 is 4.42 Å². The normalized spacial score (nSPS) is 12.2. The van der Waals surface area contributed by atoms with E-state index in [-0.39, 0.29) is 0 Å². The summed E-state index contributed by atoms with van der Waals surface area (Å²) in [5, 5.41) is 2.17. The molecule has 5 nitrogen and oxygen atoms in total. The third-order valence-corrected chi connectivity index (χ3v) is 5.84. The van der Waals surface area contributed by atoms with Crippen LogP contribution in [0.3, 0.4) is 0 Å². The van der Waals surface area contributed by atoms with Gasteiger partial charge in [-0.2, -0.15) is 0 Å². The molecule has 0 bridgehead atoms. The zero-order chi connectivity index (χ0) is 19.8. The molecule has 7 rings (SSSR count). The lowest BCUT2D eigenvalue weighted by Gasteiger charge is -2.04. The highest BCUT2D eigenvalue weighted by atomic mass is 16.3. The van der Waals surface area contributed by atoms with Crippen LogP contribution in [0.4, 0.5) is 0 Å². The van der Waals surface area contributed by atoms with Crippen LogP contribution in [0, 0.1) is 6.92 Å². The molecule has 4 heterocycles. The van der Waals surface area contributed by atoms with E-state index in [4.69, 9.17) is 14.4 Å². The van der Waals surface area contributed by atoms with Crippen molar-refractivity contribution >= 4 is 49.8 Å². The minimum Gasteiger partial charge on any atom is -0.452 e. The lowest BCUT2D eigenvalue weighted by atomic mass is 10.1. The van der Waals surface area contributed by atoms with Gasteiger partial charge in [0.05, 0.1) is 22.1 Å². The van der Waals surface area contributed by atoms with Crippen molar-refractivity contribution in [3.63, 3.8) is 0 Å². The monoisotopic (exact) mass is 388 g/mol. The van der Waals surface area contributed by atoms with Crippen molar-refractivity contribution in [1.29, 1.82) is 0 Å². The minimum atomic E-state index is 0.753. The van der Waals surface area contributed by atoms with Crippen LogP contribution in [0.1, 0.15) is 5.56 Å². The van der Waals surface area contributed by atoms with Gasteiger partial charge >= 0.3 is 0 Å². The van der Waals surface area contributed by atoms with E-state index >= 15 is 0 Å². The highest BCUT2D eigenvalue weighted by molar-refractivity contribution is 6.07. The molecule has 3 aromatic carbocycles. The topological polar surface area (TPSA) is 48.3 Å². The van der Waals surface area contributed by atoms with Gasteiger partial charge in [-0.25, -0.2) is 9.97 Å². The Balaban J connectivity index is 1.70. The first-order valence-corrected chi connectivity index (χ1v) is 9.94. The highest BCUT2D eigenvalue weighted by Gasteiger charge is 2.21. The standard InChI is InChI=1S/C25H16N4O/c1-15-10-11-22-17(14-15)16-12-13-26-24(23(16)30-22)29-21-9-5-4-8-20(21)28-19-7-3-2-6-18(19)27-25(28)29/h2-14H,1H3. The van der Waals surface area contributed by atoms with E-state index in [0.717, 1.165) is 55.6 Å². The molecule has 4 aromatic heterocycles. The fourth-order valence-electron chi connectivity index (χ4n) is 4.52. The van der Waals surface area contributed by atoms with Crippen molar-refractivity contribution in [2.45, 2.75) is 6.92 Å². The molecular formula is C25H16N4O. The van der Waals surface area contributed by atoms with E-state index in [0.29, 0.717) is 0 Å². The molecule has 142 valence electrons. The zero-order valence-electron chi connectivity index (χ0n) is 16.2. The van der Waals surface area contributed by atoms with Gasteiger partial charge in [0.25, 0.3) is 0 Å². The Labute approximate surface area is 170 Å². The predicted molar refractivity (Wildman–Crippen MR) is 119 cm³/mol. The van der Waals surface area contributed by atoms with E-state index in [1.54, 1.807) is 0 Å². The molecule has 0 amide bonds. The van der Waals surface area contributed by atoms with Gasteiger partial charge in [0, 0.05) is 17.0 Å². The summed E-state index contributed by atoms with van der Waals surface area (Å²) in [5.74, 6) is 1.58. The van der Waals surface area contributed by atoms with E-state index in [9.17, 15) is 0 Å². The minimum absolute atomic E-state index is 0.753. The van der Waals surface area contributed by atoms with Gasteiger partial charge in [0.15, 0.2) is 11.4 Å². The summed E-state index contributed by atoms with van der Waals surface area (Å²) >= 11 is 0. The Bertz CT molecular complexity index is 1770. The Morgan fingerprint density at radius 1 is 0.800 bits per heavy atom. The largest absolute Gasteiger partial charge is 0.452 e.